The Morgan fingerprint density at radius 1 is 1.45 bits per heavy atom. The molecule has 1 aromatic heterocycles. The molecule has 4 N–H and O–H groups in total. The van der Waals surface area contributed by atoms with E-state index in [2.05, 4.69) is 15.5 Å². The van der Waals surface area contributed by atoms with Gasteiger partial charge in [0.2, 0.25) is 9.47 Å². The number of sulfonamides is 1. The number of aliphatic carboxylic acids is 1. The molecule has 0 aromatic carbocycles. The Balaban J connectivity index is 2.08. The summed E-state index contributed by atoms with van der Waals surface area (Å²) in [6, 6.07) is -1.55. The van der Waals surface area contributed by atoms with Gasteiger partial charge >= 0.3 is 12.0 Å². The number of urea groups is 1. The van der Waals surface area contributed by atoms with E-state index in [1.807, 2.05) is 0 Å². The van der Waals surface area contributed by atoms with Crippen molar-refractivity contribution in [1.82, 2.24) is 15.1 Å². The highest BCUT2D eigenvalue weighted by atomic mass is 32.2. The van der Waals surface area contributed by atoms with Crippen LogP contribution in [0.3, 0.4) is 0 Å². The molecule has 0 unspecified atom stereocenters. The zero-order valence-electron chi connectivity index (χ0n) is 10.0. The number of aromatic nitrogens is 2. The van der Waals surface area contributed by atoms with E-state index in [1.54, 1.807) is 0 Å². The SMILES string of the molecule is NS(=O)(=O)c1nnc(NC(=O)N2CCC[C@H]2C(=O)O)s1. The number of amides is 2. The molecule has 0 radical (unpaired) electrons. The van der Waals surface area contributed by atoms with Crippen molar-refractivity contribution in [3.63, 3.8) is 0 Å². The number of nitrogens with zero attached hydrogens (tertiary/aromatic N) is 3. The third kappa shape index (κ3) is 3.02. The van der Waals surface area contributed by atoms with Crippen LogP contribution in [0.1, 0.15) is 12.8 Å². The van der Waals surface area contributed by atoms with Crippen LogP contribution in [0.5, 0.6) is 0 Å². The predicted octanol–water partition coefficient (Wildman–Crippen LogP) is -0.734. The number of rotatable bonds is 3. The molecule has 0 bridgehead atoms. The summed E-state index contributed by atoms with van der Waals surface area (Å²) in [5, 5.41) is 22.9. The standard InChI is InChI=1S/C8H11N5O5S2/c9-20(17,18)8-12-11-6(19-8)10-7(16)13-3-1-2-4(13)5(14)15/h4H,1-3H2,(H,14,15)(H2,9,17,18)(H,10,11,16)/t4-/m0/s1. The fraction of sp³-hybridized carbons (Fsp3) is 0.500. The summed E-state index contributed by atoms with van der Waals surface area (Å²) in [6.07, 6.45) is 0.963. The number of carbonyl (C=O) groups is 2. The Labute approximate surface area is 117 Å². The number of carbonyl (C=O) groups excluding carboxylic acids is 1. The number of primary sulfonamides is 1. The second-order valence-electron chi connectivity index (χ2n) is 4.04. The number of carboxylic acids is 1. The lowest BCUT2D eigenvalue weighted by atomic mass is 10.2. The molecule has 1 fully saturated rings. The van der Waals surface area contributed by atoms with Crippen molar-refractivity contribution in [3.05, 3.63) is 0 Å². The van der Waals surface area contributed by atoms with Crippen LogP contribution in [0.15, 0.2) is 4.34 Å². The third-order valence-corrected chi connectivity index (χ3v) is 4.81. The molecule has 0 aliphatic carbocycles. The maximum Gasteiger partial charge on any atom is 0.326 e. The fourth-order valence-electron chi connectivity index (χ4n) is 1.81. The van der Waals surface area contributed by atoms with Gasteiger partial charge in [-0.3, -0.25) is 5.32 Å². The van der Waals surface area contributed by atoms with Crippen LogP contribution in [-0.2, 0) is 14.8 Å². The molecule has 0 spiro atoms. The molecule has 1 aliphatic heterocycles. The minimum absolute atomic E-state index is 0.0601. The first-order chi connectivity index (χ1) is 9.29. The smallest absolute Gasteiger partial charge is 0.326 e. The molecule has 1 aromatic rings. The van der Waals surface area contributed by atoms with E-state index in [0.29, 0.717) is 30.7 Å². The largest absolute Gasteiger partial charge is 0.480 e. The normalized spacial score (nSPS) is 19.1. The molecule has 1 atom stereocenters. The van der Waals surface area contributed by atoms with Crippen LogP contribution < -0.4 is 10.5 Å². The van der Waals surface area contributed by atoms with E-state index in [9.17, 15) is 18.0 Å². The van der Waals surface area contributed by atoms with Crippen molar-refractivity contribution < 1.29 is 23.1 Å². The average Bonchev–Trinajstić information content (AvgIpc) is 2.95. The maximum absolute atomic E-state index is 11.9. The van der Waals surface area contributed by atoms with Crippen LogP contribution in [0.4, 0.5) is 9.93 Å². The van der Waals surface area contributed by atoms with Crippen LogP contribution >= 0.6 is 11.3 Å². The van der Waals surface area contributed by atoms with Crippen molar-refractivity contribution in [2.45, 2.75) is 23.2 Å². The van der Waals surface area contributed by atoms with Crippen LogP contribution in [0, 0.1) is 0 Å². The Morgan fingerprint density at radius 3 is 2.70 bits per heavy atom. The molecule has 1 saturated heterocycles. The van der Waals surface area contributed by atoms with Crippen molar-refractivity contribution in [3.8, 4) is 0 Å². The second-order valence-corrected chi connectivity index (χ2v) is 6.75. The summed E-state index contributed by atoms with van der Waals surface area (Å²) in [7, 11) is -3.98. The monoisotopic (exact) mass is 321 g/mol. The van der Waals surface area contributed by atoms with Gasteiger partial charge in [0.1, 0.15) is 6.04 Å². The zero-order valence-corrected chi connectivity index (χ0v) is 11.6. The lowest BCUT2D eigenvalue weighted by molar-refractivity contribution is -0.141. The lowest BCUT2D eigenvalue weighted by Gasteiger charge is -2.20. The molecule has 1 aliphatic rings. The van der Waals surface area contributed by atoms with Crippen molar-refractivity contribution >= 4 is 38.5 Å². The van der Waals surface area contributed by atoms with Crippen LogP contribution in [0.2, 0.25) is 0 Å². The van der Waals surface area contributed by atoms with Gasteiger partial charge in [-0.15, -0.1) is 10.2 Å². The van der Waals surface area contributed by atoms with E-state index in [0.717, 1.165) is 4.90 Å². The molecule has 2 rings (SSSR count). The van der Waals surface area contributed by atoms with Gasteiger partial charge in [0.05, 0.1) is 0 Å². The number of hydrogen-bond donors (Lipinski definition) is 3. The van der Waals surface area contributed by atoms with Gasteiger partial charge in [-0.2, -0.15) is 0 Å². The van der Waals surface area contributed by atoms with E-state index in [4.69, 9.17) is 10.2 Å². The molecule has 0 saturated carbocycles. The number of anilines is 1. The quantitative estimate of drug-likeness (QED) is 0.619. The minimum Gasteiger partial charge on any atom is -0.480 e. The van der Waals surface area contributed by atoms with Gasteiger partial charge in [-0.05, 0) is 12.8 Å². The predicted molar refractivity (Wildman–Crippen MR) is 67.7 cm³/mol. The number of nitrogens with two attached hydrogens (primary N) is 1. The molecule has 2 amide bonds. The third-order valence-electron chi connectivity index (χ3n) is 2.66. The van der Waals surface area contributed by atoms with Crippen LogP contribution in [0.25, 0.3) is 0 Å². The Hall–Kier alpha value is -1.79. The summed E-state index contributed by atoms with van der Waals surface area (Å²) in [5.41, 5.74) is 0. The molecule has 12 heteroatoms. The van der Waals surface area contributed by atoms with Gasteiger partial charge < -0.3 is 10.0 Å². The summed E-state index contributed by atoms with van der Waals surface area (Å²) in [6.45, 7) is 0.309. The number of nitrogens with one attached hydrogen (secondary N) is 1. The van der Waals surface area contributed by atoms with Gasteiger partial charge in [0, 0.05) is 6.54 Å². The first kappa shape index (κ1) is 14.6. The summed E-state index contributed by atoms with van der Waals surface area (Å²) >= 11 is 0.595. The maximum atomic E-state index is 11.9. The Bertz CT molecular complexity index is 641. The molecule has 20 heavy (non-hydrogen) atoms. The average molecular weight is 321 g/mol. The Kier molecular flexibility index (Phi) is 3.87. The molecule has 10 nitrogen and oxygen atoms in total. The second kappa shape index (κ2) is 5.30. The molecule has 110 valence electrons. The van der Waals surface area contributed by atoms with E-state index in [1.165, 1.54) is 0 Å². The van der Waals surface area contributed by atoms with Gasteiger partial charge in [-0.1, -0.05) is 11.3 Å². The van der Waals surface area contributed by atoms with Crippen molar-refractivity contribution in [1.29, 1.82) is 0 Å². The van der Waals surface area contributed by atoms with Crippen molar-refractivity contribution in [2.24, 2.45) is 5.14 Å². The van der Waals surface area contributed by atoms with E-state index < -0.39 is 32.4 Å². The number of hydrogen-bond acceptors (Lipinski definition) is 7. The minimum atomic E-state index is -3.98. The summed E-state index contributed by atoms with van der Waals surface area (Å²) in [5.74, 6) is -1.08. The summed E-state index contributed by atoms with van der Waals surface area (Å²) in [4.78, 5) is 24.0. The van der Waals surface area contributed by atoms with E-state index in [-0.39, 0.29) is 5.13 Å². The number of likely N-dealkylation sites (tertiary alicyclic amines) is 1. The highest BCUT2D eigenvalue weighted by Gasteiger charge is 2.34. The highest BCUT2D eigenvalue weighted by Crippen LogP contribution is 2.22. The first-order valence-corrected chi connectivity index (χ1v) is 7.82. The fourth-order valence-corrected chi connectivity index (χ4v) is 3.13. The van der Waals surface area contributed by atoms with Gasteiger partial charge in [0.25, 0.3) is 10.0 Å². The first-order valence-electron chi connectivity index (χ1n) is 5.46. The van der Waals surface area contributed by atoms with Gasteiger partial charge in [-0.25, -0.2) is 23.1 Å². The molecular formula is C8H11N5O5S2. The Morgan fingerprint density at radius 2 is 2.15 bits per heavy atom. The molecule has 2 heterocycles. The van der Waals surface area contributed by atoms with E-state index >= 15 is 0 Å². The van der Waals surface area contributed by atoms with Crippen LogP contribution in [-0.4, -0.2) is 53.2 Å². The summed E-state index contributed by atoms with van der Waals surface area (Å²) < 4.78 is 21.6. The highest BCUT2D eigenvalue weighted by molar-refractivity contribution is 7.91. The number of carboxylic acid groups (broad SMARTS) is 1. The lowest BCUT2D eigenvalue weighted by Crippen LogP contribution is -2.42. The molecular weight excluding hydrogens is 310 g/mol. The zero-order chi connectivity index (χ0) is 14.9. The van der Waals surface area contributed by atoms with Crippen molar-refractivity contribution in [2.75, 3.05) is 11.9 Å². The topological polar surface area (TPSA) is 156 Å². The van der Waals surface area contributed by atoms with Gasteiger partial charge in [0.15, 0.2) is 0 Å².